The zero-order chi connectivity index (χ0) is 12.3. The Balaban J connectivity index is 1.84. The van der Waals surface area contributed by atoms with Crippen molar-refractivity contribution >= 4 is 23.6 Å². The first-order valence-electron chi connectivity index (χ1n) is 5.98. The van der Waals surface area contributed by atoms with E-state index in [1.54, 1.807) is 16.7 Å². The van der Waals surface area contributed by atoms with E-state index in [4.69, 9.17) is 0 Å². The van der Waals surface area contributed by atoms with Crippen LogP contribution in [0.1, 0.15) is 6.42 Å². The smallest absolute Gasteiger partial charge is 0.242 e. The Morgan fingerprint density at radius 1 is 1.29 bits per heavy atom. The molecule has 0 N–H and O–H groups in total. The second-order valence-corrected chi connectivity index (χ2v) is 5.56. The minimum absolute atomic E-state index is 0.0929. The van der Waals surface area contributed by atoms with E-state index in [1.807, 2.05) is 4.90 Å². The Bertz CT molecular complexity index is 311. The lowest BCUT2D eigenvalue weighted by Crippen LogP contribution is -2.42. The monoisotopic (exact) mass is 257 g/mol. The molecule has 17 heavy (non-hydrogen) atoms. The first-order chi connectivity index (χ1) is 8.16. The van der Waals surface area contributed by atoms with Crippen LogP contribution in [0.3, 0.4) is 0 Å². The van der Waals surface area contributed by atoms with Gasteiger partial charge in [0, 0.05) is 19.6 Å². The number of nitrogens with zero attached hydrogens (tertiary/aromatic N) is 3. The molecule has 0 radical (unpaired) electrons. The van der Waals surface area contributed by atoms with Gasteiger partial charge in [-0.15, -0.1) is 11.8 Å². The van der Waals surface area contributed by atoms with Crippen LogP contribution < -0.4 is 0 Å². The van der Waals surface area contributed by atoms with Gasteiger partial charge in [0.05, 0.1) is 11.6 Å². The van der Waals surface area contributed by atoms with E-state index < -0.39 is 0 Å². The van der Waals surface area contributed by atoms with Crippen LogP contribution in [0.15, 0.2) is 0 Å². The average molecular weight is 257 g/mol. The summed E-state index contributed by atoms with van der Waals surface area (Å²) in [6.45, 7) is 3.83. The molecule has 0 unspecified atom stereocenters. The third kappa shape index (κ3) is 3.35. The van der Waals surface area contributed by atoms with Gasteiger partial charge in [-0.2, -0.15) is 0 Å². The molecule has 5 nitrogen and oxygen atoms in total. The lowest BCUT2D eigenvalue weighted by molar-refractivity contribution is -0.137. The van der Waals surface area contributed by atoms with E-state index in [9.17, 15) is 9.59 Å². The number of hydrogen-bond donors (Lipinski definition) is 0. The van der Waals surface area contributed by atoms with Crippen molar-refractivity contribution in [2.75, 3.05) is 51.4 Å². The summed E-state index contributed by atoms with van der Waals surface area (Å²) in [6, 6.07) is 0. The maximum Gasteiger partial charge on any atom is 0.242 e. The second kappa shape index (κ2) is 5.73. The average Bonchev–Trinajstić information content (AvgIpc) is 2.57. The van der Waals surface area contributed by atoms with Gasteiger partial charge in [-0.1, -0.05) is 0 Å². The summed E-state index contributed by atoms with van der Waals surface area (Å²) in [4.78, 5) is 29.3. The molecular formula is C11H19N3O2S. The maximum absolute atomic E-state index is 12.1. The molecule has 0 aromatic heterocycles. The van der Waals surface area contributed by atoms with E-state index in [-0.39, 0.29) is 18.4 Å². The Morgan fingerprint density at radius 2 is 2.12 bits per heavy atom. The minimum Gasteiger partial charge on any atom is -0.340 e. The zero-order valence-electron chi connectivity index (χ0n) is 10.2. The molecule has 2 aliphatic rings. The molecule has 2 fully saturated rings. The number of thioether (sulfide) groups is 1. The molecule has 2 amide bonds. The van der Waals surface area contributed by atoms with Gasteiger partial charge in [0.15, 0.2) is 0 Å². The molecule has 2 saturated heterocycles. The number of rotatable bonds is 2. The van der Waals surface area contributed by atoms with E-state index in [1.165, 1.54) is 0 Å². The standard InChI is InChI=1S/C11H19N3O2S/c1-12-3-2-4-13(6-5-12)10(15)7-14-9-17-8-11(14)16/h2-9H2,1H3. The van der Waals surface area contributed by atoms with Crippen LogP contribution >= 0.6 is 11.8 Å². The lowest BCUT2D eigenvalue weighted by atomic mass is 10.3. The molecular weight excluding hydrogens is 238 g/mol. The molecule has 2 rings (SSSR count). The first-order valence-corrected chi connectivity index (χ1v) is 7.14. The molecule has 96 valence electrons. The van der Waals surface area contributed by atoms with Crippen LogP contribution in [0.5, 0.6) is 0 Å². The summed E-state index contributed by atoms with van der Waals surface area (Å²) in [5, 5.41) is 0. The van der Waals surface area contributed by atoms with Crippen LogP contribution in [0.2, 0.25) is 0 Å². The van der Waals surface area contributed by atoms with Gasteiger partial charge in [-0.25, -0.2) is 0 Å². The van der Waals surface area contributed by atoms with Crippen LogP contribution in [-0.4, -0.2) is 77.9 Å². The van der Waals surface area contributed by atoms with Crippen molar-refractivity contribution < 1.29 is 9.59 Å². The maximum atomic E-state index is 12.1. The summed E-state index contributed by atoms with van der Waals surface area (Å²) >= 11 is 1.58. The van der Waals surface area contributed by atoms with Gasteiger partial charge in [0.25, 0.3) is 0 Å². The summed E-state index contributed by atoms with van der Waals surface area (Å²) in [5.41, 5.74) is 0. The fourth-order valence-corrected chi connectivity index (χ4v) is 3.00. The molecule has 0 spiro atoms. The summed E-state index contributed by atoms with van der Waals surface area (Å²) in [6.07, 6.45) is 1.02. The van der Waals surface area contributed by atoms with Crippen LogP contribution in [0, 0.1) is 0 Å². The normalized spacial score (nSPS) is 23.0. The third-order valence-corrected chi connectivity index (χ3v) is 4.17. The largest absolute Gasteiger partial charge is 0.340 e. The fraction of sp³-hybridized carbons (Fsp3) is 0.818. The highest BCUT2D eigenvalue weighted by Crippen LogP contribution is 2.15. The van der Waals surface area contributed by atoms with Gasteiger partial charge >= 0.3 is 0 Å². The highest BCUT2D eigenvalue weighted by molar-refractivity contribution is 8.00. The van der Waals surface area contributed by atoms with Crippen molar-refractivity contribution in [3.05, 3.63) is 0 Å². The van der Waals surface area contributed by atoms with Gasteiger partial charge in [-0.05, 0) is 20.0 Å². The Hall–Kier alpha value is -0.750. The fourth-order valence-electron chi connectivity index (χ4n) is 2.10. The first kappa shape index (κ1) is 12.7. The van der Waals surface area contributed by atoms with Crippen molar-refractivity contribution in [1.29, 1.82) is 0 Å². The lowest BCUT2D eigenvalue weighted by Gasteiger charge is -2.23. The minimum atomic E-state index is 0.0929. The highest BCUT2D eigenvalue weighted by Gasteiger charge is 2.25. The van der Waals surface area contributed by atoms with E-state index in [2.05, 4.69) is 11.9 Å². The molecule has 0 saturated carbocycles. The Morgan fingerprint density at radius 3 is 2.82 bits per heavy atom. The second-order valence-electron chi connectivity index (χ2n) is 4.61. The van der Waals surface area contributed by atoms with E-state index in [0.29, 0.717) is 11.6 Å². The predicted molar refractivity (Wildman–Crippen MR) is 67.7 cm³/mol. The molecule has 2 aliphatic heterocycles. The van der Waals surface area contributed by atoms with Crippen molar-refractivity contribution in [2.24, 2.45) is 0 Å². The van der Waals surface area contributed by atoms with Crippen molar-refractivity contribution in [3.63, 3.8) is 0 Å². The summed E-state index contributed by atoms with van der Waals surface area (Å²) in [7, 11) is 2.08. The van der Waals surface area contributed by atoms with Crippen LogP contribution in [0.25, 0.3) is 0 Å². The van der Waals surface area contributed by atoms with Gasteiger partial charge < -0.3 is 14.7 Å². The SMILES string of the molecule is CN1CCCN(C(=O)CN2CSCC2=O)CC1. The van der Waals surface area contributed by atoms with Crippen molar-refractivity contribution in [3.8, 4) is 0 Å². The number of amides is 2. The molecule has 6 heteroatoms. The Kier molecular flexibility index (Phi) is 4.28. The topological polar surface area (TPSA) is 43.9 Å². The van der Waals surface area contributed by atoms with Gasteiger partial charge in [-0.3, -0.25) is 9.59 Å². The predicted octanol–water partition coefficient (Wildman–Crippen LogP) is -0.317. The van der Waals surface area contributed by atoms with Crippen molar-refractivity contribution in [2.45, 2.75) is 6.42 Å². The molecule has 0 aromatic carbocycles. The van der Waals surface area contributed by atoms with E-state index in [0.717, 1.165) is 32.6 Å². The molecule has 0 atom stereocenters. The quantitative estimate of drug-likeness (QED) is 0.680. The van der Waals surface area contributed by atoms with Gasteiger partial charge in [0.2, 0.25) is 11.8 Å². The molecule has 2 heterocycles. The number of carbonyl (C=O) groups is 2. The van der Waals surface area contributed by atoms with Crippen molar-refractivity contribution in [1.82, 2.24) is 14.7 Å². The zero-order valence-corrected chi connectivity index (χ0v) is 11.0. The highest BCUT2D eigenvalue weighted by atomic mass is 32.2. The molecule has 0 aromatic rings. The number of carbonyl (C=O) groups excluding carboxylic acids is 2. The number of likely N-dealkylation sites (N-methyl/N-ethyl adjacent to an activating group) is 1. The van der Waals surface area contributed by atoms with Crippen LogP contribution in [-0.2, 0) is 9.59 Å². The summed E-state index contributed by atoms with van der Waals surface area (Å²) in [5.74, 6) is 1.38. The molecule has 0 bridgehead atoms. The Labute approximate surface area is 106 Å². The van der Waals surface area contributed by atoms with Crippen LogP contribution in [0.4, 0.5) is 0 Å². The van der Waals surface area contributed by atoms with E-state index >= 15 is 0 Å². The molecule has 0 aliphatic carbocycles. The summed E-state index contributed by atoms with van der Waals surface area (Å²) < 4.78 is 0. The third-order valence-electron chi connectivity index (χ3n) is 3.22. The van der Waals surface area contributed by atoms with Gasteiger partial charge in [0.1, 0.15) is 6.54 Å². The number of hydrogen-bond acceptors (Lipinski definition) is 4.